The van der Waals surface area contributed by atoms with Crippen LogP contribution in [-0.4, -0.2) is 40.8 Å². The van der Waals surface area contributed by atoms with Gasteiger partial charge in [0.05, 0.1) is 51.6 Å². The van der Waals surface area contributed by atoms with Gasteiger partial charge in [-0.15, -0.1) is 0 Å². The number of benzene rings is 3. The molecule has 6 atom stereocenters. The zero-order valence-corrected chi connectivity index (χ0v) is 25.8. The standard InChI is InChI=1S/C34H27ClFN3O8/c1-34-23(31(42)38(33(34)44)18-7-10-25(36)24(35)14-18)15-22-20(29(34)16-6-11-27(47-2)26(40)12-16)8-9-21-28(22)32(43)37(30(21)41)17-4-3-5-19(13-17)39(45)46/h3-8,10-14,21-23,28-29,40H,9,15H2,1-2H3/t21-,22+,23-,28-,29-,34+/m0/s1. The van der Waals surface area contributed by atoms with Gasteiger partial charge in [-0.1, -0.05) is 35.4 Å². The second-order valence-electron chi connectivity index (χ2n) is 12.5. The van der Waals surface area contributed by atoms with Crippen LogP contribution >= 0.6 is 11.6 Å². The molecule has 1 N–H and O–H groups in total. The zero-order chi connectivity index (χ0) is 33.5. The minimum Gasteiger partial charge on any atom is -0.504 e. The molecule has 4 amide bonds. The number of hydrogen-bond donors (Lipinski definition) is 1. The van der Waals surface area contributed by atoms with Crippen LogP contribution in [0.15, 0.2) is 72.3 Å². The average Bonchev–Trinajstić information content (AvgIpc) is 3.41. The molecule has 0 aromatic heterocycles. The van der Waals surface area contributed by atoms with Crippen LogP contribution in [0, 0.1) is 45.0 Å². The molecule has 0 bridgehead atoms. The molecule has 240 valence electrons. The molecule has 4 aliphatic rings. The van der Waals surface area contributed by atoms with Crippen molar-refractivity contribution in [2.75, 3.05) is 16.9 Å². The molecule has 3 aromatic carbocycles. The lowest BCUT2D eigenvalue weighted by molar-refractivity contribution is -0.384. The highest BCUT2D eigenvalue weighted by Crippen LogP contribution is 2.64. The van der Waals surface area contributed by atoms with Gasteiger partial charge in [0.25, 0.3) is 5.69 Å². The second kappa shape index (κ2) is 10.7. The predicted octanol–water partition coefficient (Wildman–Crippen LogP) is 5.54. The van der Waals surface area contributed by atoms with E-state index in [9.17, 15) is 38.8 Å². The second-order valence-corrected chi connectivity index (χ2v) is 12.9. The number of amides is 4. The summed E-state index contributed by atoms with van der Waals surface area (Å²) in [6.45, 7) is 1.68. The van der Waals surface area contributed by atoms with Gasteiger partial charge in [-0.2, -0.15) is 0 Å². The van der Waals surface area contributed by atoms with Gasteiger partial charge in [-0.25, -0.2) is 14.2 Å². The highest BCUT2D eigenvalue weighted by Gasteiger charge is 2.67. The Morgan fingerprint density at radius 1 is 0.979 bits per heavy atom. The first-order chi connectivity index (χ1) is 22.4. The van der Waals surface area contributed by atoms with Crippen molar-refractivity contribution in [3.8, 4) is 11.5 Å². The number of fused-ring (bicyclic) bond motifs is 4. The number of phenols is 1. The van der Waals surface area contributed by atoms with Gasteiger partial charge in [0, 0.05) is 18.1 Å². The molecule has 2 saturated heterocycles. The number of aromatic hydroxyl groups is 1. The average molecular weight is 660 g/mol. The summed E-state index contributed by atoms with van der Waals surface area (Å²) in [5.41, 5.74) is -0.333. The third-order valence-electron chi connectivity index (χ3n) is 10.3. The third kappa shape index (κ3) is 4.31. The summed E-state index contributed by atoms with van der Waals surface area (Å²) in [6, 6.07) is 13.6. The molecule has 7 rings (SSSR count). The molecule has 1 saturated carbocycles. The normalized spacial score (nSPS) is 28.2. The lowest BCUT2D eigenvalue weighted by Crippen LogP contribution is -2.48. The number of allylic oxidation sites excluding steroid dienone is 2. The van der Waals surface area contributed by atoms with E-state index in [1.807, 2.05) is 6.08 Å². The van der Waals surface area contributed by atoms with E-state index in [0.29, 0.717) is 11.1 Å². The number of methoxy groups -OCH3 is 1. The van der Waals surface area contributed by atoms with Crippen molar-refractivity contribution < 1.29 is 38.3 Å². The summed E-state index contributed by atoms with van der Waals surface area (Å²) >= 11 is 6.04. The number of carbonyl (C=O) groups excluding carboxylic acids is 4. The Balaban J connectivity index is 1.36. The summed E-state index contributed by atoms with van der Waals surface area (Å²) in [7, 11) is 1.40. The quantitative estimate of drug-likeness (QED) is 0.163. The number of nitro groups is 1. The van der Waals surface area contributed by atoms with E-state index in [1.165, 1.54) is 49.6 Å². The van der Waals surface area contributed by atoms with Crippen molar-refractivity contribution >= 4 is 52.3 Å². The van der Waals surface area contributed by atoms with E-state index >= 15 is 0 Å². The van der Waals surface area contributed by atoms with Gasteiger partial charge in [0.15, 0.2) is 11.5 Å². The summed E-state index contributed by atoms with van der Waals surface area (Å²) in [5.74, 6) is -7.00. The molecule has 3 fully saturated rings. The number of phenolic OH excluding ortho intramolecular Hbond substituents is 1. The van der Waals surface area contributed by atoms with Crippen LogP contribution in [0.3, 0.4) is 0 Å². The lowest BCUT2D eigenvalue weighted by Gasteiger charge is -2.49. The zero-order valence-electron chi connectivity index (χ0n) is 25.1. The van der Waals surface area contributed by atoms with E-state index in [-0.39, 0.29) is 46.4 Å². The van der Waals surface area contributed by atoms with E-state index in [4.69, 9.17) is 16.3 Å². The SMILES string of the molecule is COc1ccc([C@H]2C3=CC[C@@H]4C(=O)N(c5cccc([N+](=O)[O-])c5)C(=O)[C@@H]4[C@@H]3C[C@H]3C(=O)N(c4ccc(F)c(Cl)c4)C(=O)[C@@]23C)cc1O. The Bertz CT molecular complexity index is 1960. The fraction of sp³-hybridized carbons (Fsp3) is 0.294. The molecule has 2 aliphatic carbocycles. The predicted molar refractivity (Wildman–Crippen MR) is 166 cm³/mol. The monoisotopic (exact) mass is 659 g/mol. The Labute approximate surface area is 272 Å². The van der Waals surface area contributed by atoms with Gasteiger partial charge < -0.3 is 9.84 Å². The largest absolute Gasteiger partial charge is 0.504 e. The number of ether oxygens (including phenoxy) is 1. The number of nitrogens with zero attached hydrogens (tertiary/aromatic N) is 3. The molecule has 3 aromatic rings. The van der Waals surface area contributed by atoms with Crippen molar-refractivity contribution in [2.45, 2.75) is 25.7 Å². The first-order valence-electron chi connectivity index (χ1n) is 14.9. The molecule has 0 spiro atoms. The number of rotatable bonds is 5. The number of halogens is 2. The highest BCUT2D eigenvalue weighted by atomic mass is 35.5. The molecular weight excluding hydrogens is 633 g/mol. The fourth-order valence-electron chi connectivity index (χ4n) is 8.15. The Kier molecular flexibility index (Phi) is 6.97. The molecule has 2 heterocycles. The van der Waals surface area contributed by atoms with Crippen LogP contribution < -0.4 is 14.5 Å². The molecule has 11 nitrogen and oxygen atoms in total. The third-order valence-corrected chi connectivity index (χ3v) is 10.6. The number of hydrogen-bond acceptors (Lipinski definition) is 8. The molecule has 2 aliphatic heterocycles. The van der Waals surface area contributed by atoms with Crippen LogP contribution in [0.1, 0.15) is 31.2 Å². The van der Waals surface area contributed by atoms with Crippen molar-refractivity contribution in [3.05, 3.63) is 98.8 Å². The summed E-state index contributed by atoms with van der Waals surface area (Å²) in [5, 5.41) is 22.0. The van der Waals surface area contributed by atoms with Gasteiger partial charge in [0.1, 0.15) is 5.82 Å². The number of imide groups is 2. The molecule has 0 radical (unpaired) electrons. The Morgan fingerprint density at radius 2 is 1.72 bits per heavy atom. The number of carbonyl (C=O) groups is 4. The molecular formula is C34H27ClFN3O8. The Hall–Kier alpha value is -5.10. The van der Waals surface area contributed by atoms with Crippen molar-refractivity contribution in [1.29, 1.82) is 0 Å². The van der Waals surface area contributed by atoms with Gasteiger partial charge >= 0.3 is 0 Å². The van der Waals surface area contributed by atoms with Crippen molar-refractivity contribution in [3.63, 3.8) is 0 Å². The first kappa shape index (κ1) is 30.5. The van der Waals surface area contributed by atoms with E-state index in [1.54, 1.807) is 19.1 Å². The number of nitro benzene ring substituents is 1. The minimum atomic E-state index is -1.40. The van der Waals surface area contributed by atoms with Gasteiger partial charge in [-0.3, -0.25) is 29.3 Å². The summed E-state index contributed by atoms with van der Waals surface area (Å²) in [4.78, 5) is 69.5. The topological polar surface area (TPSA) is 147 Å². The van der Waals surface area contributed by atoms with Crippen LogP contribution in [-0.2, 0) is 19.2 Å². The number of anilines is 2. The lowest BCUT2D eigenvalue weighted by atomic mass is 9.51. The maximum absolute atomic E-state index is 14.5. The van der Waals surface area contributed by atoms with Crippen LogP contribution in [0.5, 0.6) is 11.5 Å². The Morgan fingerprint density at radius 3 is 2.40 bits per heavy atom. The van der Waals surface area contributed by atoms with E-state index in [0.717, 1.165) is 15.9 Å². The summed E-state index contributed by atoms with van der Waals surface area (Å²) < 4.78 is 19.3. The van der Waals surface area contributed by atoms with Crippen LogP contribution in [0.25, 0.3) is 0 Å². The highest BCUT2D eigenvalue weighted by molar-refractivity contribution is 6.32. The van der Waals surface area contributed by atoms with Crippen LogP contribution in [0.4, 0.5) is 21.5 Å². The first-order valence-corrected chi connectivity index (χ1v) is 15.3. The maximum atomic E-state index is 14.5. The molecule has 47 heavy (non-hydrogen) atoms. The number of non-ortho nitro benzene ring substituents is 1. The van der Waals surface area contributed by atoms with Gasteiger partial charge in [-0.05, 0) is 67.6 Å². The maximum Gasteiger partial charge on any atom is 0.271 e. The van der Waals surface area contributed by atoms with Crippen molar-refractivity contribution in [2.24, 2.45) is 29.1 Å². The fourth-order valence-corrected chi connectivity index (χ4v) is 8.33. The van der Waals surface area contributed by atoms with E-state index < -0.39 is 69.4 Å². The molecule has 0 unspecified atom stereocenters. The van der Waals surface area contributed by atoms with E-state index in [2.05, 4.69) is 0 Å². The van der Waals surface area contributed by atoms with Crippen molar-refractivity contribution in [1.82, 2.24) is 0 Å². The summed E-state index contributed by atoms with van der Waals surface area (Å²) in [6.07, 6.45) is 2.06. The van der Waals surface area contributed by atoms with Gasteiger partial charge in [0.2, 0.25) is 23.6 Å². The smallest absolute Gasteiger partial charge is 0.271 e. The van der Waals surface area contributed by atoms with Crippen LogP contribution in [0.2, 0.25) is 5.02 Å². The molecule has 13 heteroatoms. The minimum absolute atomic E-state index is 0.0555.